The first-order valence-electron chi connectivity index (χ1n) is 6.42. The van der Waals surface area contributed by atoms with Crippen LogP contribution >= 0.6 is 0 Å². The largest absolute Gasteiger partial charge is 0.354 e. The molecule has 0 saturated heterocycles. The lowest BCUT2D eigenvalue weighted by molar-refractivity contribution is -0.122. The van der Waals surface area contributed by atoms with Crippen LogP contribution in [0.4, 0.5) is 0 Å². The summed E-state index contributed by atoms with van der Waals surface area (Å²) in [6.07, 6.45) is 1.66. The van der Waals surface area contributed by atoms with E-state index in [1.54, 1.807) is 0 Å². The van der Waals surface area contributed by atoms with Crippen molar-refractivity contribution in [3.63, 3.8) is 0 Å². The van der Waals surface area contributed by atoms with Crippen LogP contribution in [0.3, 0.4) is 0 Å². The Morgan fingerprint density at radius 1 is 1.12 bits per heavy atom. The SMILES string of the molecule is CCC(NC(C)CC(=O)NC(C)C)C(C)C. The molecule has 0 bridgehead atoms. The topological polar surface area (TPSA) is 41.1 Å². The Morgan fingerprint density at radius 2 is 1.69 bits per heavy atom. The molecule has 16 heavy (non-hydrogen) atoms. The number of carbonyl (C=O) groups excluding carboxylic acids is 1. The maximum Gasteiger partial charge on any atom is 0.221 e. The molecule has 0 spiro atoms. The number of carbonyl (C=O) groups is 1. The maximum atomic E-state index is 11.6. The Morgan fingerprint density at radius 3 is 2.06 bits per heavy atom. The zero-order valence-electron chi connectivity index (χ0n) is 11.6. The van der Waals surface area contributed by atoms with Gasteiger partial charge in [0, 0.05) is 24.5 Å². The van der Waals surface area contributed by atoms with E-state index in [4.69, 9.17) is 0 Å². The van der Waals surface area contributed by atoms with Crippen molar-refractivity contribution in [2.75, 3.05) is 0 Å². The molecule has 0 radical (unpaired) electrons. The molecule has 2 unspecified atom stereocenters. The van der Waals surface area contributed by atoms with E-state index in [0.29, 0.717) is 18.4 Å². The number of nitrogens with one attached hydrogen (secondary N) is 2. The molecule has 0 aromatic heterocycles. The van der Waals surface area contributed by atoms with Gasteiger partial charge in [0.05, 0.1) is 0 Å². The zero-order valence-corrected chi connectivity index (χ0v) is 11.6. The third kappa shape index (κ3) is 6.83. The van der Waals surface area contributed by atoms with Gasteiger partial charge in [0.15, 0.2) is 0 Å². The monoisotopic (exact) mass is 228 g/mol. The molecule has 0 aliphatic heterocycles. The summed E-state index contributed by atoms with van der Waals surface area (Å²) in [5, 5.41) is 6.42. The Labute approximate surface area is 100 Å². The van der Waals surface area contributed by atoms with Gasteiger partial charge >= 0.3 is 0 Å². The molecule has 0 aromatic carbocycles. The van der Waals surface area contributed by atoms with Crippen molar-refractivity contribution in [1.82, 2.24) is 10.6 Å². The summed E-state index contributed by atoms with van der Waals surface area (Å²) >= 11 is 0. The molecule has 0 aromatic rings. The second-order valence-corrected chi connectivity index (χ2v) is 5.25. The predicted octanol–water partition coefficient (Wildman–Crippen LogP) is 2.31. The molecule has 3 nitrogen and oxygen atoms in total. The molecule has 0 fully saturated rings. The van der Waals surface area contributed by atoms with Crippen molar-refractivity contribution in [3.8, 4) is 0 Å². The summed E-state index contributed by atoms with van der Waals surface area (Å²) < 4.78 is 0. The highest BCUT2D eigenvalue weighted by atomic mass is 16.1. The lowest BCUT2D eigenvalue weighted by Crippen LogP contribution is -2.43. The van der Waals surface area contributed by atoms with Gasteiger partial charge in [0.1, 0.15) is 0 Å². The van der Waals surface area contributed by atoms with Crippen LogP contribution in [0.2, 0.25) is 0 Å². The minimum Gasteiger partial charge on any atom is -0.354 e. The highest BCUT2D eigenvalue weighted by molar-refractivity contribution is 5.76. The molecule has 96 valence electrons. The van der Waals surface area contributed by atoms with Crippen LogP contribution in [-0.2, 0) is 4.79 Å². The minimum absolute atomic E-state index is 0.133. The van der Waals surface area contributed by atoms with Gasteiger partial charge in [0.2, 0.25) is 5.91 Å². The van der Waals surface area contributed by atoms with Crippen molar-refractivity contribution in [3.05, 3.63) is 0 Å². The Balaban J connectivity index is 3.97. The summed E-state index contributed by atoms with van der Waals surface area (Å²) in [6, 6.07) is 0.972. The average molecular weight is 228 g/mol. The number of hydrogen-bond donors (Lipinski definition) is 2. The molecule has 2 atom stereocenters. The lowest BCUT2D eigenvalue weighted by atomic mass is 10.0. The molecule has 0 heterocycles. The molecular weight excluding hydrogens is 200 g/mol. The van der Waals surface area contributed by atoms with Gasteiger partial charge in [-0.05, 0) is 33.1 Å². The fourth-order valence-electron chi connectivity index (χ4n) is 1.87. The Bertz CT molecular complexity index is 202. The summed E-state index contributed by atoms with van der Waals surface area (Å²) in [6.45, 7) is 12.6. The molecule has 0 rings (SSSR count). The number of rotatable bonds is 7. The van der Waals surface area contributed by atoms with Gasteiger partial charge in [0.25, 0.3) is 0 Å². The Hall–Kier alpha value is -0.570. The minimum atomic E-state index is 0.133. The standard InChI is InChI=1S/C13H28N2O/c1-7-12(9(2)3)15-11(6)8-13(16)14-10(4)5/h9-12,15H,7-8H2,1-6H3,(H,14,16). The quantitative estimate of drug-likeness (QED) is 0.702. The zero-order chi connectivity index (χ0) is 12.7. The van der Waals surface area contributed by atoms with Crippen LogP contribution in [-0.4, -0.2) is 24.0 Å². The number of hydrogen-bond acceptors (Lipinski definition) is 2. The molecule has 3 heteroatoms. The maximum absolute atomic E-state index is 11.6. The molecule has 0 saturated carbocycles. The van der Waals surface area contributed by atoms with Gasteiger partial charge in [-0.1, -0.05) is 20.8 Å². The summed E-state index contributed by atoms with van der Waals surface area (Å²) in [4.78, 5) is 11.6. The van der Waals surface area contributed by atoms with Crippen LogP contribution in [0, 0.1) is 5.92 Å². The van der Waals surface area contributed by atoms with Crippen molar-refractivity contribution < 1.29 is 4.79 Å². The van der Waals surface area contributed by atoms with Gasteiger partial charge in [-0.2, -0.15) is 0 Å². The van der Waals surface area contributed by atoms with Crippen molar-refractivity contribution in [2.24, 2.45) is 5.92 Å². The third-order valence-corrected chi connectivity index (χ3v) is 2.68. The first kappa shape index (κ1) is 15.4. The third-order valence-electron chi connectivity index (χ3n) is 2.68. The van der Waals surface area contributed by atoms with Crippen molar-refractivity contribution >= 4 is 5.91 Å². The van der Waals surface area contributed by atoms with E-state index in [1.807, 2.05) is 13.8 Å². The van der Waals surface area contributed by atoms with Crippen LogP contribution in [0.25, 0.3) is 0 Å². The number of amides is 1. The van der Waals surface area contributed by atoms with Gasteiger partial charge < -0.3 is 10.6 Å². The van der Waals surface area contributed by atoms with E-state index in [9.17, 15) is 4.79 Å². The van der Waals surface area contributed by atoms with E-state index in [2.05, 4.69) is 38.3 Å². The van der Waals surface area contributed by atoms with E-state index < -0.39 is 0 Å². The van der Waals surface area contributed by atoms with E-state index in [0.717, 1.165) is 6.42 Å². The highest BCUT2D eigenvalue weighted by Gasteiger charge is 2.16. The highest BCUT2D eigenvalue weighted by Crippen LogP contribution is 2.07. The molecule has 1 amide bonds. The smallest absolute Gasteiger partial charge is 0.221 e. The fourth-order valence-corrected chi connectivity index (χ4v) is 1.87. The van der Waals surface area contributed by atoms with Crippen LogP contribution in [0.1, 0.15) is 54.4 Å². The lowest BCUT2D eigenvalue weighted by Gasteiger charge is -2.25. The molecule has 0 aliphatic rings. The molecule has 2 N–H and O–H groups in total. The fraction of sp³-hybridized carbons (Fsp3) is 0.923. The second-order valence-electron chi connectivity index (χ2n) is 5.25. The summed E-state index contributed by atoms with van der Waals surface area (Å²) in [5.41, 5.74) is 0. The van der Waals surface area contributed by atoms with Gasteiger partial charge in [-0.15, -0.1) is 0 Å². The Kier molecular flexibility index (Phi) is 7.39. The van der Waals surface area contributed by atoms with E-state index >= 15 is 0 Å². The first-order chi connectivity index (χ1) is 7.36. The van der Waals surface area contributed by atoms with E-state index in [1.165, 1.54) is 0 Å². The predicted molar refractivity (Wildman–Crippen MR) is 69.4 cm³/mol. The van der Waals surface area contributed by atoms with Crippen molar-refractivity contribution in [1.29, 1.82) is 0 Å². The summed E-state index contributed by atoms with van der Waals surface area (Å²) in [7, 11) is 0. The van der Waals surface area contributed by atoms with Crippen LogP contribution in [0.15, 0.2) is 0 Å². The van der Waals surface area contributed by atoms with Crippen molar-refractivity contribution in [2.45, 2.75) is 72.5 Å². The molecule has 0 aliphatic carbocycles. The van der Waals surface area contributed by atoms with E-state index in [-0.39, 0.29) is 18.0 Å². The summed E-state index contributed by atoms with van der Waals surface area (Å²) in [5.74, 6) is 0.745. The van der Waals surface area contributed by atoms with Gasteiger partial charge in [-0.3, -0.25) is 4.79 Å². The first-order valence-corrected chi connectivity index (χ1v) is 6.42. The molecular formula is C13H28N2O. The normalized spacial score (nSPS) is 15.2. The average Bonchev–Trinajstić information content (AvgIpc) is 2.11. The second kappa shape index (κ2) is 7.66. The van der Waals surface area contributed by atoms with Gasteiger partial charge in [-0.25, -0.2) is 0 Å². The van der Waals surface area contributed by atoms with Crippen LogP contribution in [0.5, 0.6) is 0 Å². The van der Waals surface area contributed by atoms with Crippen LogP contribution < -0.4 is 10.6 Å².